The molecule has 0 unspecified atom stereocenters. The average Bonchev–Trinajstić information content (AvgIpc) is 3.04. The van der Waals surface area contributed by atoms with E-state index in [2.05, 4.69) is 10.5 Å². The number of carbonyl (C=O) groups excluding carboxylic acids is 3. The molecule has 1 aliphatic rings. The van der Waals surface area contributed by atoms with Crippen molar-refractivity contribution in [3.05, 3.63) is 107 Å². The molecule has 6 nitrogen and oxygen atoms in total. The quantitative estimate of drug-likeness (QED) is 0.394. The fourth-order valence-electron chi connectivity index (χ4n) is 3.41. The molecule has 0 bridgehead atoms. The number of nitrogens with one attached hydrogen (secondary N) is 1. The van der Waals surface area contributed by atoms with E-state index in [0.717, 1.165) is 16.0 Å². The van der Waals surface area contributed by atoms with Crippen LogP contribution in [0.15, 0.2) is 90.0 Å². The molecule has 0 saturated heterocycles. The zero-order valence-corrected chi connectivity index (χ0v) is 16.1. The molecular formula is C24H19N3O3. The Bertz CT molecular complexity index is 1080. The molecule has 1 aliphatic heterocycles. The first-order valence-electron chi connectivity index (χ1n) is 9.54. The SMILES string of the molecule is O=C(N/N=C/c1ccccc1)[C@H](Cc1ccccc1)N1C(=O)c2ccccc2C1=O. The molecule has 6 heteroatoms. The summed E-state index contributed by atoms with van der Waals surface area (Å²) in [6.07, 6.45) is 1.71. The average molecular weight is 397 g/mol. The maximum Gasteiger partial charge on any atom is 0.263 e. The summed E-state index contributed by atoms with van der Waals surface area (Å²) in [5.41, 5.74) is 4.75. The van der Waals surface area contributed by atoms with Crippen molar-refractivity contribution >= 4 is 23.9 Å². The predicted octanol–water partition coefficient (Wildman–Crippen LogP) is 3.04. The first kappa shape index (κ1) is 19.3. The molecular weight excluding hydrogens is 378 g/mol. The second kappa shape index (κ2) is 8.53. The van der Waals surface area contributed by atoms with Crippen LogP contribution < -0.4 is 5.43 Å². The van der Waals surface area contributed by atoms with Gasteiger partial charge in [0.2, 0.25) is 0 Å². The van der Waals surface area contributed by atoms with Gasteiger partial charge in [-0.1, -0.05) is 72.8 Å². The Labute approximate surface area is 173 Å². The van der Waals surface area contributed by atoms with Gasteiger partial charge in [-0.3, -0.25) is 19.3 Å². The van der Waals surface area contributed by atoms with Gasteiger partial charge in [0, 0.05) is 6.42 Å². The monoisotopic (exact) mass is 397 g/mol. The zero-order valence-electron chi connectivity index (χ0n) is 16.1. The van der Waals surface area contributed by atoms with Crippen LogP contribution in [0.1, 0.15) is 31.8 Å². The van der Waals surface area contributed by atoms with E-state index in [1.807, 2.05) is 60.7 Å². The Kier molecular flexibility index (Phi) is 5.48. The van der Waals surface area contributed by atoms with Gasteiger partial charge < -0.3 is 0 Å². The van der Waals surface area contributed by atoms with Crippen molar-refractivity contribution in [1.82, 2.24) is 10.3 Å². The van der Waals surface area contributed by atoms with Gasteiger partial charge in [0.05, 0.1) is 17.3 Å². The number of hydrogen-bond donors (Lipinski definition) is 1. The Balaban J connectivity index is 1.60. The van der Waals surface area contributed by atoms with Gasteiger partial charge in [-0.25, -0.2) is 5.43 Å². The minimum atomic E-state index is -1.02. The molecule has 3 aromatic rings. The highest BCUT2D eigenvalue weighted by Gasteiger charge is 2.42. The molecule has 1 heterocycles. The molecule has 30 heavy (non-hydrogen) atoms. The van der Waals surface area contributed by atoms with Crippen molar-refractivity contribution in [3.63, 3.8) is 0 Å². The number of carbonyl (C=O) groups is 3. The number of benzene rings is 3. The number of fused-ring (bicyclic) bond motifs is 1. The van der Waals surface area contributed by atoms with E-state index >= 15 is 0 Å². The number of nitrogens with zero attached hydrogens (tertiary/aromatic N) is 2. The fourth-order valence-corrected chi connectivity index (χ4v) is 3.41. The molecule has 1 N–H and O–H groups in total. The van der Waals surface area contributed by atoms with E-state index in [1.165, 1.54) is 6.21 Å². The number of rotatable bonds is 6. The third kappa shape index (κ3) is 3.89. The number of hydrazone groups is 1. The normalized spacial score (nSPS) is 14.1. The van der Waals surface area contributed by atoms with Crippen molar-refractivity contribution < 1.29 is 14.4 Å². The third-order valence-electron chi connectivity index (χ3n) is 4.90. The van der Waals surface area contributed by atoms with Crippen LogP contribution in [-0.2, 0) is 11.2 Å². The van der Waals surface area contributed by atoms with Crippen molar-refractivity contribution in [2.45, 2.75) is 12.5 Å². The lowest BCUT2D eigenvalue weighted by Gasteiger charge is -2.24. The van der Waals surface area contributed by atoms with E-state index in [9.17, 15) is 14.4 Å². The van der Waals surface area contributed by atoms with Crippen LogP contribution in [0.5, 0.6) is 0 Å². The summed E-state index contributed by atoms with van der Waals surface area (Å²) in [5.74, 6) is -1.47. The number of imide groups is 1. The summed E-state index contributed by atoms with van der Waals surface area (Å²) in [6, 6.07) is 24.1. The summed E-state index contributed by atoms with van der Waals surface area (Å²) < 4.78 is 0. The maximum absolute atomic E-state index is 13.0. The number of amides is 3. The molecule has 0 saturated carbocycles. The molecule has 148 valence electrons. The standard InChI is InChI=1S/C24H19N3O3/c28-22(26-25-16-18-11-5-2-6-12-18)21(15-17-9-3-1-4-10-17)27-23(29)19-13-7-8-14-20(19)24(27)30/h1-14,16,21H,15H2,(H,26,28)/b25-16+/t21-/m0/s1. The van der Waals surface area contributed by atoms with E-state index < -0.39 is 23.8 Å². The third-order valence-corrected chi connectivity index (χ3v) is 4.90. The molecule has 0 radical (unpaired) electrons. The smallest absolute Gasteiger partial charge is 0.263 e. The van der Waals surface area contributed by atoms with Crippen LogP contribution in [0.4, 0.5) is 0 Å². The first-order valence-corrected chi connectivity index (χ1v) is 9.54. The molecule has 0 fully saturated rings. The summed E-state index contributed by atoms with van der Waals surface area (Å²) >= 11 is 0. The number of hydrogen-bond acceptors (Lipinski definition) is 4. The minimum absolute atomic E-state index is 0.193. The van der Waals surface area contributed by atoms with Crippen LogP contribution >= 0.6 is 0 Å². The minimum Gasteiger partial charge on any atom is -0.271 e. The van der Waals surface area contributed by atoms with Crippen LogP contribution in [0.3, 0.4) is 0 Å². The molecule has 0 aliphatic carbocycles. The Hall–Kier alpha value is -4.06. The van der Waals surface area contributed by atoms with E-state index in [-0.39, 0.29) is 6.42 Å². The lowest BCUT2D eigenvalue weighted by atomic mass is 10.0. The second-order valence-electron chi connectivity index (χ2n) is 6.88. The maximum atomic E-state index is 13.0. The lowest BCUT2D eigenvalue weighted by Crippen LogP contribution is -2.49. The van der Waals surface area contributed by atoms with Crippen molar-refractivity contribution in [1.29, 1.82) is 0 Å². The lowest BCUT2D eigenvalue weighted by molar-refractivity contribution is -0.125. The first-order chi connectivity index (χ1) is 14.6. The fraction of sp³-hybridized carbons (Fsp3) is 0.0833. The van der Waals surface area contributed by atoms with Crippen molar-refractivity contribution in [2.75, 3.05) is 0 Å². The Morgan fingerprint density at radius 2 is 1.37 bits per heavy atom. The highest BCUT2D eigenvalue weighted by Crippen LogP contribution is 2.26. The van der Waals surface area contributed by atoms with Gasteiger partial charge in [-0.2, -0.15) is 5.10 Å². The van der Waals surface area contributed by atoms with Crippen molar-refractivity contribution in [2.24, 2.45) is 5.10 Å². The predicted molar refractivity (Wildman–Crippen MR) is 113 cm³/mol. The zero-order chi connectivity index (χ0) is 20.9. The second-order valence-corrected chi connectivity index (χ2v) is 6.88. The van der Waals surface area contributed by atoms with Gasteiger partial charge in [0.25, 0.3) is 17.7 Å². The van der Waals surface area contributed by atoms with Crippen LogP contribution in [-0.4, -0.2) is 34.9 Å². The van der Waals surface area contributed by atoms with Gasteiger partial charge in [0.1, 0.15) is 6.04 Å². The van der Waals surface area contributed by atoms with E-state index in [1.54, 1.807) is 24.3 Å². The van der Waals surface area contributed by atoms with Crippen LogP contribution in [0, 0.1) is 0 Å². The van der Waals surface area contributed by atoms with Crippen molar-refractivity contribution in [3.8, 4) is 0 Å². The summed E-state index contributed by atoms with van der Waals surface area (Å²) in [4.78, 5) is 39.9. The highest BCUT2D eigenvalue weighted by molar-refractivity contribution is 6.22. The summed E-state index contributed by atoms with van der Waals surface area (Å²) in [6.45, 7) is 0. The largest absolute Gasteiger partial charge is 0.271 e. The van der Waals surface area contributed by atoms with Crippen LogP contribution in [0.2, 0.25) is 0 Å². The highest BCUT2D eigenvalue weighted by atomic mass is 16.2. The molecule has 1 atom stereocenters. The van der Waals surface area contributed by atoms with Gasteiger partial charge >= 0.3 is 0 Å². The van der Waals surface area contributed by atoms with Gasteiger partial charge in [-0.15, -0.1) is 0 Å². The molecule has 3 aromatic carbocycles. The van der Waals surface area contributed by atoms with Gasteiger partial charge in [0.15, 0.2) is 0 Å². The Morgan fingerprint density at radius 3 is 1.97 bits per heavy atom. The van der Waals surface area contributed by atoms with Gasteiger partial charge in [-0.05, 0) is 23.3 Å². The van der Waals surface area contributed by atoms with E-state index in [4.69, 9.17) is 0 Å². The van der Waals surface area contributed by atoms with Crippen LogP contribution in [0.25, 0.3) is 0 Å². The molecule has 0 spiro atoms. The molecule has 4 rings (SSSR count). The molecule has 0 aromatic heterocycles. The summed E-state index contributed by atoms with van der Waals surface area (Å²) in [7, 11) is 0. The summed E-state index contributed by atoms with van der Waals surface area (Å²) in [5, 5.41) is 4.00. The molecule has 3 amide bonds. The Morgan fingerprint density at radius 1 is 0.833 bits per heavy atom. The topological polar surface area (TPSA) is 78.8 Å². The van der Waals surface area contributed by atoms with E-state index in [0.29, 0.717) is 11.1 Å².